The Morgan fingerprint density at radius 3 is 2.12 bits per heavy atom. The number of ketones is 1. The van der Waals surface area contributed by atoms with Gasteiger partial charge in [0.05, 0.1) is 18.6 Å². The van der Waals surface area contributed by atoms with E-state index in [4.69, 9.17) is 9.47 Å². The molecule has 1 unspecified atom stereocenters. The maximum atomic E-state index is 12.8. The molecule has 0 radical (unpaired) electrons. The van der Waals surface area contributed by atoms with Crippen LogP contribution in [-0.2, 0) is 19.4 Å². The molecular formula is C18H18O6S. The number of Topliss-reactive ketones (excluding diaryl/α,β-unsaturated/α-hetero) is 1. The zero-order chi connectivity index (χ0) is 18.4. The second-order valence-electron chi connectivity index (χ2n) is 5.08. The van der Waals surface area contributed by atoms with Crippen LogP contribution in [0.3, 0.4) is 0 Å². The van der Waals surface area contributed by atoms with E-state index in [-0.39, 0.29) is 17.1 Å². The molecule has 7 heteroatoms. The Labute approximate surface area is 146 Å². The van der Waals surface area contributed by atoms with Gasteiger partial charge < -0.3 is 9.47 Å². The summed E-state index contributed by atoms with van der Waals surface area (Å²) in [6.07, 6.45) is 0. The quantitative estimate of drug-likeness (QED) is 0.427. The number of methoxy groups -OCH3 is 1. The van der Waals surface area contributed by atoms with E-state index in [9.17, 15) is 18.0 Å². The van der Waals surface area contributed by atoms with E-state index in [1.165, 1.54) is 55.6 Å². The summed E-state index contributed by atoms with van der Waals surface area (Å²) in [5.41, 5.74) is 0.0818. The van der Waals surface area contributed by atoms with Gasteiger partial charge in [0.15, 0.2) is 15.6 Å². The van der Waals surface area contributed by atoms with Crippen LogP contribution >= 0.6 is 0 Å². The molecule has 2 aromatic rings. The molecule has 0 aliphatic heterocycles. The van der Waals surface area contributed by atoms with Gasteiger partial charge in [0.25, 0.3) is 0 Å². The van der Waals surface area contributed by atoms with Gasteiger partial charge in [0.2, 0.25) is 5.25 Å². The van der Waals surface area contributed by atoms with Crippen molar-refractivity contribution >= 4 is 21.6 Å². The van der Waals surface area contributed by atoms with E-state index in [0.29, 0.717) is 5.75 Å². The predicted octanol–water partition coefficient (Wildman–Crippen LogP) is 2.28. The lowest BCUT2D eigenvalue weighted by molar-refractivity contribution is -0.141. The molecule has 0 heterocycles. The highest BCUT2D eigenvalue weighted by Crippen LogP contribution is 2.22. The third-order valence-electron chi connectivity index (χ3n) is 3.50. The first kappa shape index (κ1) is 18.7. The standard InChI is InChI=1S/C18H18O6S/c1-3-24-18(20)17(25(21,22)15-7-5-4-6-8-15)16(19)13-9-11-14(23-2)12-10-13/h4-12,17H,3H2,1-2H3. The molecular weight excluding hydrogens is 344 g/mol. The minimum Gasteiger partial charge on any atom is -0.497 e. The summed E-state index contributed by atoms with van der Waals surface area (Å²) < 4.78 is 35.5. The Balaban J connectivity index is 2.48. The van der Waals surface area contributed by atoms with E-state index in [1.807, 2.05) is 0 Å². The molecule has 1 atom stereocenters. The van der Waals surface area contributed by atoms with Gasteiger partial charge in [-0.05, 0) is 43.3 Å². The number of esters is 1. The Hall–Kier alpha value is -2.67. The van der Waals surface area contributed by atoms with Gasteiger partial charge >= 0.3 is 5.97 Å². The van der Waals surface area contributed by atoms with Gasteiger partial charge in [-0.2, -0.15) is 0 Å². The lowest BCUT2D eigenvalue weighted by atomic mass is 10.1. The van der Waals surface area contributed by atoms with Crippen LogP contribution in [-0.4, -0.2) is 39.1 Å². The lowest BCUT2D eigenvalue weighted by Crippen LogP contribution is -2.39. The molecule has 0 aliphatic carbocycles. The van der Waals surface area contributed by atoms with Crippen LogP contribution in [0.5, 0.6) is 5.75 Å². The van der Waals surface area contributed by atoms with Crippen LogP contribution in [0.1, 0.15) is 17.3 Å². The minimum absolute atomic E-state index is 0.0322. The number of ether oxygens (including phenoxy) is 2. The molecule has 0 amide bonds. The fourth-order valence-electron chi connectivity index (χ4n) is 2.25. The average molecular weight is 362 g/mol. The normalized spacial score (nSPS) is 12.2. The van der Waals surface area contributed by atoms with Crippen molar-refractivity contribution in [3.05, 3.63) is 60.2 Å². The van der Waals surface area contributed by atoms with Crippen molar-refractivity contribution < 1.29 is 27.5 Å². The third kappa shape index (κ3) is 4.06. The van der Waals surface area contributed by atoms with Crippen LogP contribution in [0.2, 0.25) is 0 Å². The smallest absolute Gasteiger partial charge is 0.332 e. The second kappa shape index (κ2) is 7.94. The van der Waals surface area contributed by atoms with Crippen LogP contribution in [0.25, 0.3) is 0 Å². The molecule has 25 heavy (non-hydrogen) atoms. The molecule has 0 aromatic heterocycles. The van der Waals surface area contributed by atoms with Gasteiger partial charge in [-0.25, -0.2) is 8.42 Å². The summed E-state index contributed by atoms with van der Waals surface area (Å²) in [6.45, 7) is 1.51. The molecule has 2 rings (SSSR count). The number of rotatable bonds is 7. The topological polar surface area (TPSA) is 86.7 Å². The molecule has 132 valence electrons. The maximum Gasteiger partial charge on any atom is 0.332 e. The second-order valence-corrected chi connectivity index (χ2v) is 7.12. The van der Waals surface area contributed by atoms with Gasteiger partial charge in [0, 0.05) is 5.56 Å². The Bertz CT molecular complexity index is 841. The summed E-state index contributed by atoms with van der Waals surface area (Å²) >= 11 is 0. The molecule has 0 saturated heterocycles. The van der Waals surface area contributed by atoms with Crippen molar-refractivity contribution in [2.75, 3.05) is 13.7 Å². The van der Waals surface area contributed by atoms with Crippen molar-refractivity contribution in [2.45, 2.75) is 17.1 Å². The highest BCUT2D eigenvalue weighted by atomic mass is 32.2. The first-order valence-electron chi connectivity index (χ1n) is 7.55. The molecule has 0 fully saturated rings. The van der Waals surface area contributed by atoms with E-state index in [1.54, 1.807) is 13.0 Å². The van der Waals surface area contributed by atoms with Crippen molar-refractivity contribution in [2.24, 2.45) is 0 Å². The van der Waals surface area contributed by atoms with Crippen LogP contribution in [0.15, 0.2) is 59.5 Å². The average Bonchev–Trinajstić information content (AvgIpc) is 2.62. The molecule has 0 N–H and O–H groups in total. The third-order valence-corrected chi connectivity index (χ3v) is 5.45. The SMILES string of the molecule is CCOC(=O)C(C(=O)c1ccc(OC)cc1)S(=O)(=O)c1ccccc1. The number of hydrogen-bond acceptors (Lipinski definition) is 6. The maximum absolute atomic E-state index is 12.8. The summed E-state index contributed by atoms with van der Waals surface area (Å²) in [5, 5.41) is -1.96. The molecule has 0 bridgehead atoms. The van der Waals surface area contributed by atoms with Gasteiger partial charge in [-0.3, -0.25) is 9.59 Å². The minimum atomic E-state index is -4.24. The van der Waals surface area contributed by atoms with Crippen LogP contribution in [0, 0.1) is 0 Å². The number of hydrogen-bond donors (Lipinski definition) is 0. The highest BCUT2D eigenvalue weighted by molar-refractivity contribution is 7.93. The van der Waals surface area contributed by atoms with Gasteiger partial charge in [0.1, 0.15) is 5.75 Å². The molecule has 0 saturated carbocycles. The molecule has 0 aliphatic rings. The summed E-state index contributed by atoms with van der Waals surface area (Å²) in [7, 11) is -2.77. The molecule has 2 aromatic carbocycles. The van der Waals surface area contributed by atoms with Crippen LogP contribution < -0.4 is 4.74 Å². The molecule has 6 nitrogen and oxygen atoms in total. The zero-order valence-electron chi connectivity index (χ0n) is 13.8. The van der Waals surface area contributed by atoms with E-state index < -0.39 is 26.8 Å². The fourth-order valence-corrected chi connectivity index (χ4v) is 3.79. The van der Waals surface area contributed by atoms with Crippen LogP contribution in [0.4, 0.5) is 0 Å². The Kier molecular flexibility index (Phi) is 5.93. The summed E-state index contributed by atoms with van der Waals surface area (Å²) in [6, 6.07) is 13.2. The highest BCUT2D eigenvalue weighted by Gasteiger charge is 2.41. The molecule has 0 spiro atoms. The van der Waals surface area contributed by atoms with Crippen molar-refractivity contribution in [3.63, 3.8) is 0 Å². The Morgan fingerprint density at radius 2 is 1.60 bits per heavy atom. The summed E-state index contributed by atoms with van der Waals surface area (Å²) in [5.74, 6) is -1.42. The number of carbonyl (C=O) groups excluding carboxylic acids is 2. The number of benzene rings is 2. The zero-order valence-corrected chi connectivity index (χ0v) is 14.7. The monoisotopic (exact) mass is 362 g/mol. The van der Waals surface area contributed by atoms with Crippen molar-refractivity contribution in [1.82, 2.24) is 0 Å². The Morgan fingerprint density at radius 1 is 1.00 bits per heavy atom. The van der Waals surface area contributed by atoms with E-state index in [0.717, 1.165) is 0 Å². The van der Waals surface area contributed by atoms with Gasteiger partial charge in [-0.1, -0.05) is 18.2 Å². The van der Waals surface area contributed by atoms with Crippen molar-refractivity contribution in [1.29, 1.82) is 0 Å². The summed E-state index contributed by atoms with van der Waals surface area (Å²) in [4.78, 5) is 24.9. The van der Waals surface area contributed by atoms with E-state index in [2.05, 4.69) is 0 Å². The first-order valence-corrected chi connectivity index (χ1v) is 9.10. The fraction of sp³-hybridized carbons (Fsp3) is 0.222. The van der Waals surface area contributed by atoms with Crippen molar-refractivity contribution in [3.8, 4) is 5.75 Å². The predicted molar refractivity (Wildman–Crippen MR) is 91.4 cm³/mol. The number of carbonyl (C=O) groups is 2. The first-order chi connectivity index (χ1) is 11.9. The lowest BCUT2D eigenvalue weighted by Gasteiger charge is -2.16. The largest absolute Gasteiger partial charge is 0.497 e. The van der Waals surface area contributed by atoms with Gasteiger partial charge in [-0.15, -0.1) is 0 Å². The van der Waals surface area contributed by atoms with E-state index >= 15 is 0 Å². The number of sulfone groups is 1.